The minimum atomic E-state index is -0.436. The lowest BCUT2D eigenvalue weighted by Crippen LogP contribution is -2.19. The molecule has 0 fully saturated rings. The summed E-state index contributed by atoms with van der Waals surface area (Å²) in [6.45, 7) is 3.84. The SMILES string of the molecule is CCOC(=O)C=C(C)N1N=C(c2cccc([N+](=O)[O-])c2)C[C@H]1c1cc2ccccc2[nH]1. The lowest BCUT2D eigenvalue weighted by Gasteiger charge is -2.23. The number of nitrogens with one attached hydrogen (secondary N) is 1. The number of esters is 1. The van der Waals surface area contributed by atoms with Crippen LogP contribution in [-0.2, 0) is 9.53 Å². The topological polar surface area (TPSA) is 101 Å². The maximum absolute atomic E-state index is 12.0. The van der Waals surface area contributed by atoms with Crippen LogP contribution >= 0.6 is 0 Å². The van der Waals surface area contributed by atoms with Gasteiger partial charge in [-0.3, -0.25) is 15.1 Å². The number of aromatic nitrogens is 1. The third-order valence-electron chi connectivity index (χ3n) is 5.19. The average Bonchev–Trinajstić information content (AvgIpc) is 3.38. The fourth-order valence-corrected chi connectivity index (χ4v) is 3.75. The molecule has 1 aromatic heterocycles. The number of carbonyl (C=O) groups excluding carboxylic acids is 1. The molecular formula is C23H22N4O4. The highest BCUT2D eigenvalue weighted by Crippen LogP contribution is 2.36. The first kappa shape index (κ1) is 20.3. The van der Waals surface area contributed by atoms with Gasteiger partial charge < -0.3 is 9.72 Å². The van der Waals surface area contributed by atoms with Crippen molar-refractivity contribution in [1.82, 2.24) is 9.99 Å². The molecule has 8 nitrogen and oxygen atoms in total. The zero-order valence-electron chi connectivity index (χ0n) is 17.2. The molecule has 1 aliphatic rings. The van der Waals surface area contributed by atoms with E-state index in [0.717, 1.165) is 16.6 Å². The van der Waals surface area contributed by atoms with E-state index in [1.807, 2.05) is 30.3 Å². The maximum atomic E-state index is 12.0. The van der Waals surface area contributed by atoms with Gasteiger partial charge in [-0.15, -0.1) is 0 Å². The number of nitro benzene ring substituents is 1. The number of benzene rings is 2. The van der Waals surface area contributed by atoms with Crippen LogP contribution in [-0.4, -0.2) is 33.2 Å². The highest BCUT2D eigenvalue weighted by Gasteiger charge is 2.31. The van der Waals surface area contributed by atoms with Crippen molar-refractivity contribution in [3.8, 4) is 0 Å². The Kier molecular flexibility index (Phi) is 5.53. The van der Waals surface area contributed by atoms with Crippen LogP contribution in [0.4, 0.5) is 5.69 Å². The Labute approximate surface area is 179 Å². The lowest BCUT2D eigenvalue weighted by atomic mass is 10.0. The van der Waals surface area contributed by atoms with Crippen LogP contribution in [0, 0.1) is 10.1 Å². The molecule has 0 bridgehead atoms. The van der Waals surface area contributed by atoms with Crippen LogP contribution in [0.2, 0.25) is 0 Å². The third-order valence-corrected chi connectivity index (χ3v) is 5.19. The summed E-state index contributed by atoms with van der Waals surface area (Å²) in [5.74, 6) is -0.436. The molecule has 0 radical (unpaired) electrons. The number of hydrogen-bond donors (Lipinski definition) is 1. The molecule has 1 atom stereocenters. The van der Waals surface area contributed by atoms with E-state index >= 15 is 0 Å². The Bertz CT molecular complexity index is 1180. The van der Waals surface area contributed by atoms with Gasteiger partial charge in [0.1, 0.15) is 0 Å². The Balaban J connectivity index is 1.74. The molecule has 0 saturated carbocycles. The molecule has 3 aromatic rings. The summed E-state index contributed by atoms with van der Waals surface area (Å²) in [6.07, 6.45) is 1.95. The van der Waals surface area contributed by atoms with Gasteiger partial charge in [-0.25, -0.2) is 4.79 Å². The monoisotopic (exact) mass is 418 g/mol. The van der Waals surface area contributed by atoms with Gasteiger partial charge in [0.05, 0.1) is 23.3 Å². The van der Waals surface area contributed by atoms with Gasteiger partial charge in [0.15, 0.2) is 0 Å². The summed E-state index contributed by atoms with van der Waals surface area (Å²) in [5, 5.41) is 18.8. The minimum absolute atomic E-state index is 0.0135. The van der Waals surface area contributed by atoms with Crippen molar-refractivity contribution in [3.63, 3.8) is 0 Å². The van der Waals surface area contributed by atoms with Crippen LogP contribution in [0.15, 0.2) is 71.5 Å². The van der Waals surface area contributed by atoms with Crippen LogP contribution in [0.3, 0.4) is 0 Å². The number of aromatic amines is 1. The number of hydrazone groups is 1. The first-order chi connectivity index (χ1) is 15.0. The number of fused-ring (bicyclic) bond motifs is 1. The maximum Gasteiger partial charge on any atom is 0.332 e. The molecule has 0 unspecified atom stereocenters. The molecule has 0 aliphatic carbocycles. The van der Waals surface area contributed by atoms with Crippen molar-refractivity contribution in [1.29, 1.82) is 0 Å². The highest BCUT2D eigenvalue weighted by molar-refractivity contribution is 6.02. The summed E-state index contributed by atoms with van der Waals surface area (Å²) in [6, 6.07) is 16.3. The summed E-state index contributed by atoms with van der Waals surface area (Å²) in [7, 11) is 0. The van der Waals surface area contributed by atoms with Crippen LogP contribution in [0.25, 0.3) is 10.9 Å². The van der Waals surface area contributed by atoms with E-state index in [1.165, 1.54) is 18.2 Å². The van der Waals surface area contributed by atoms with Crippen molar-refractivity contribution in [2.24, 2.45) is 5.10 Å². The van der Waals surface area contributed by atoms with Crippen molar-refractivity contribution < 1.29 is 14.5 Å². The quantitative estimate of drug-likeness (QED) is 0.271. The zero-order chi connectivity index (χ0) is 22.0. The predicted molar refractivity (Wildman–Crippen MR) is 118 cm³/mol. The lowest BCUT2D eigenvalue weighted by molar-refractivity contribution is -0.384. The minimum Gasteiger partial charge on any atom is -0.463 e. The Morgan fingerprint density at radius 1 is 1.29 bits per heavy atom. The van der Waals surface area contributed by atoms with E-state index < -0.39 is 10.9 Å². The normalized spacial score (nSPS) is 16.5. The van der Waals surface area contributed by atoms with Crippen LogP contribution in [0.1, 0.15) is 37.6 Å². The smallest absolute Gasteiger partial charge is 0.332 e. The van der Waals surface area contributed by atoms with Crippen molar-refractivity contribution in [2.75, 3.05) is 6.61 Å². The van der Waals surface area contributed by atoms with Gasteiger partial charge in [-0.05, 0) is 31.4 Å². The highest BCUT2D eigenvalue weighted by atomic mass is 16.6. The van der Waals surface area contributed by atoms with Gasteiger partial charge in [-0.2, -0.15) is 5.10 Å². The molecule has 0 spiro atoms. The third kappa shape index (κ3) is 4.18. The number of H-pyrrole nitrogens is 1. The molecule has 0 saturated heterocycles. The number of carbonyl (C=O) groups is 1. The first-order valence-corrected chi connectivity index (χ1v) is 10.0. The number of nitro groups is 1. The van der Waals surface area contributed by atoms with Crippen molar-refractivity contribution in [3.05, 3.63) is 87.7 Å². The van der Waals surface area contributed by atoms with E-state index in [-0.39, 0.29) is 18.3 Å². The van der Waals surface area contributed by atoms with Crippen molar-refractivity contribution in [2.45, 2.75) is 26.3 Å². The Hall–Kier alpha value is -3.94. The molecule has 0 amide bonds. The first-order valence-electron chi connectivity index (χ1n) is 10.0. The molecule has 4 rings (SSSR count). The molecule has 1 aliphatic heterocycles. The van der Waals surface area contributed by atoms with Gasteiger partial charge in [-0.1, -0.05) is 30.3 Å². The average molecular weight is 418 g/mol. The second-order valence-corrected chi connectivity index (χ2v) is 7.27. The second-order valence-electron chi connectivity index (χ2n) is 7.27. The molecule has 2 aromatic carbocycles. The standard InChI is InChI=1S/C23H22N4O4/c1-3-31-23(28)11-15(2)26-22(21-13-17-7-4-5-10-19(17)24-21)14-20(25-26)16-8-6-9-18(12-16)27(29)30/h4-13,22,24H,3,14H2,1-2H3/t22-/m0/s1. The molecule has 2 heterocycles. The Morgan fingerprint density at radius 2 is 2.10 bits per heavy atom. The summed E-state index contributed by atoms with van der Waals surface area (Å²) >= 11 is 0. The summed E-state index contributed by atoms with van der Waals surface area (Å²) < 4.78 is 5.04. The van der Waals surface area contributed by atoms with Crippen molar-refractivity contribution >= 4 is 28.3 Å². The molecule has 31 heavy (non-hydrogen) atoms. The molecular weight excluding hydrogens is 396 g/mol. The van der Waals surface area contributed by atoms with Crippen LogP contribution < -0.4 is 0 Å². The van der Waals surface area contributed by atoms with Gasteiger partial charge in [0.2, 0.25) is 0 Å². The molecule has 158 valence electrons. The number of para-hydroxylation sites is 1. The number of allylic oxidation sites excluding steroid dienone is 1. The molecule has 8 heteroatoms. The second kappa shape index (κ2) is 8.43. The zero-order valence-corrected chi connectivity index (χ0v) is 17.2. The largest absolute Gasteiger partial charge is 0.463 e. The Morgan fingerprint density at radius 3 is 2.84 bits per heavy atom. The van der Waals surface area contributed by atoms with Gasteiger partial charge in [0.25, 0.3) is 5.69 Å². The number of nitrogens with zero attached hydrogens (tertiary/aromatic N) is 3. The number of hydrogen-bond acceptors (Lipinski definition) is 6. The van der Waals surface area contributed by atoms with E-state index in [0.29, 0.717) is 23.4 Å². The summed E-state index contributed by atoms with van der Waals surface area (Å²) in [5.41, 5.74) is 3.99. The number of non-ortho nitro benzene ring substituents is 1. The van der Waals surface area contributed by atoms with E-state index in [9.17, 15) is 14.9 Å². The summed E-state index contributed by atoms with van der Waals surface area (Å²) in [4.78, 5) is 26.2. The predicted octanol–water partition coefficient (Wildman–Crippen LogP) is 4.69. The number of rotatable bonds is 6. The van der Waals surface area contributed by atoms with Gasteiger partial charge >= 0.3 is 5.97 Å². The van der Waals surface area contributed by atoms with Gasteiger partial charge in [0, 0.05) is 47.1 Å². The van der Waals surface area contributed by atoms with E-state index in [1.54, 1.807) is 24.9 Å². The number of ether oxygens (including phenoxy) is 1. The fourth-order valence-electron chi connectivity index (χ4n) is 3.75. The van der Waals surface area contributed by atoms with E-state index in [2.05, 4.69) is 11.1 Å². The molecule has 1 N–H and O–H groups in total. The van der Waals surface area contributed by atoms with E-state index in [4.69, 9.17) is 9.84 Å². The van der Waals surface area contributed by atoms with Crippen LogP contribution in [0.5, 0.6) is 0 Å². The fraction of sp³-hybridized carbons (Fsp3) is 0.217.